The number of hydrogen-bond acceptors (Lipinski definition) is 4. The summed E-state index contributed by atoms with van der Waals surface area (Å²) in [7, 11) is 0. The van der Waals surface area contributed by atoms with Crippen LogP contribution in [0.5, 0.6) is 0 Å². The molecule has 0 N–H and O–H groups in total. The van der Waals surface area contributed by atoms with Gasteiger partial charge in [0.25, 0.3) is 0 Å². The molecule has 1 aromatic heterocycles. The number of hydrogen-bond donors (Lipinski definition) is 0. The van der Waals surface area contributed by atoms with Gasteiger partial charge in [-0.1, -0.05) is 6.07 Å². The van der Waals surface area contributed by atoms with Crippen molar-refractivity contribution in [3.8, 4) is 5.69 Å². The van der Waals surface area contributed by atoms with E-state index in [9.17, 15) is 18.4 Å². The molecular weight excluding hydrogens is 282 g/mol. The standard InChI is InChI=1S/C14H12F2N2O3/c1-3-21-14(20)12-10(19)6-7-18(17-12)13-9(15)5-4-8(2)11(13)16/h4-7H,3H2,1-2H3. The van der Waals surface area contributed by atoms with Gasteiger partial charge in [-0.2, -0.15) is 5.10 Å². The minimum absolute atomic E-state index is 0.0576. The third-order valence-corrected chi connectivity index (χ3v) is 2.77. The van der Waals surface area contributed by atoms with Crippen LogP contribution < -0.4 is 5.43 Å². The molecule has 7 heteroatoms. The van der Waals surface area contributed by atoms with E-state index < -0.39 is 34.4 Å². The number of esters is 1. The second-order valence-electron chi connectivity index (χ2n) is 4.22. The highest BCUT2D eigenvalue weighted by Crippen LogP contribution is 2.19. The third kappa shape index (κ3) is 2.81. The van der Waals surface area contributed by atoms with E-state index in [1.807, 2.05) is 0 Å². The van der Waals surface area contributed by atoms with Gasteiger partial charge in [-0.05, 0) is 25.5 Å². The first-order valence-corrected chi connectivity index (χ1v) is 6.17. The van der Waals surface area contributed by atoms with E-state index in [4.69, 9.17) is 0 Å². The number of benzene rings is 1. The van der Waals surface area contributed by atoms with Crippen LogP contribution in [-0.4, -0.2) is 22.4 Å². The molecule has 2 rings (SSSR count). The molecule has 1 heterocycles. The van der Waals surface area contributed by atoms with Crippen LogP contribution in [0.1, 0.15) is 23.0 Å². The molecule has 0 amide bonds. The minimum Gasteiger partial charge on any atom is -0.461 e. The highest BCUT2D eigenvalue weighted by atomic mass is 19.1. The summed E-state index contributed by atoms with van der Waals surface area (Å²) in [5, 5.41) is 3.67. The Morgan fingerprint density at radius 3 is 2.71 bits per heavy atom. The average molecular weight is 294 g/mol. The summed E-state index contributed by atoms with van der Waals surface area (Å²) >= 11 is 0. The van der Waals surface area contributed by atoms with Crippen molar-refractivity contribution in [3.05, 3.63) is 57.5 Å². The van der Waals surface area contributed by atoms with Gasteiger partial charge < -0.3 is 4.74 Å². The van der Waals surface area contributed by atoms with E-state index >= 15 is 0 Å². The van der Waals surface area contributed by atoms with Crippen molar-refractivity contribution in [1.82, 2.24) is 9.78 Å². The zero-order valence-electron chi connectivity index (χ0n) is 11.4. The minimum atomic E-state index is -0.940. The van der Waals surface area contributed by atoms with Crippen molar-refractivity contribution in [2.45, 2.75) is 13.8 Å². The molecule has 0 aliphatic rings. The maximum Gasteiger partial charge on any atom is 0.362 e. The van der Waals surface area contributed by atoms with Gasteiger partial charge >= 0.3 is 5.97 Å². The third-order valence-electron chi connectivity index (χ3n) is 2.77. The number of ether oxygens (including phenoxy) is 1. The lowest BCUT2D eigenvalue weighted by Gasteiger charge is -2.10. The first-order valence-electron chi connectivity index (χ1n) is 6.17. The van der Waals surface area contributed by atoms with E-state index in [1.54, 1.807) is 6.92 Å². The number of aryl methyl sites for hydroxylation is 1. The molecule has 0 fully saturated rings. The van der Waals surface area contributed by atoms with E-state index in [1.165, 1.54) is 13.0 Å². The molecule has 0 spiro atoms. The Morgan fingerprint density at radius 1 is 1.33 bits per heavy atom. The molecule has 0 aliphatic carbocycles. The summed E-state index contributed by atoms with van der Waals surface area (Å²) < 4.78 is 33.3. The molecule has 110 valence electrons. The zero-order valence-corrected chi connectivity index (χ0v) is 11.4. The van der Waals surface area contributed by atoms with Crippen molar-refractivity contribution in [1.29, 1.82) is 0 Å². The van der Waals surface area contributed by atoms with Crippen molar-refractivity contribution in [3.63, 3.8) is 0 Å². The molecule has 0 saturated carbocycles. The molecule has 5 nitrogen and oxygen atoms in total. The fourth-order valence-electron chi connectivity index (χ4n) is 1.72. The van der Waals surface area contributed by atoms with Crippen LogP contribution in [-0.2, 0) is 4.74 Å². The molecule has 1 aromatic carbocycles. The van der Waals surface area contributed by atoms with Gasteiger partial charge in [0.2, 0.25) is 11.1 Å². The van der Waals surface area contributed by atoms with Crippen LogP contribution in [0.2, 0.25) is 0 Å². The van der Waals surface area contributed by atoms with Gasteiger partial charge in [-0.3, -0.25) is 4.79 Å². The summed E-state index contributed by atoms with van der Waals surface area (Å²) in [6.07, 6.45) is 1.09. The number of nitrogens with zero attached hydrogens (tertiary/aromatic N) is 2. The highest BCUT2D eigenvalue weighted by Gasteiger charge is 2.18. The van der Waals surface area contributed by atoms with Crippen LogP contribution in [0.3, 0.4) is 0 Å². The van der Waals surface area contributed by atoms with Crippen molar-refractivity contribution in [2.24, 2.45) is 0 Å². The lowest BCUT2D eigenvalue weighted by molar-refractivity contribution is 0.0515. The topological polar surface area (TPSA) is 61.2 Å². The molecule has 2 aromatic rings. The van der Waals surface area contributed by atoms with Crippen LogP contribution in [0.4, 0.5) is 8.78 Å². The first kappa shape index (κ1) is 14.8. The molecule has 0 bridgehead atoms. The first-order chi connectivity index (χ1) is 9.95. The van der Waals surface area contributed by atoms with Crippen molar-refractivity contribution in [2.75, 3.05) is 6.61 Å². The highest BCUT2D eigenvalue weighted by molar-refractivity contribution is 5.86. The van der Waals surface area contributed by atoms with Crippen LogP contribution in [0.25, 0.3) is 5.69 Å². The second kappa shape index (κ2) is 5.82. The van der Waals surface area contributed by atoms with E-state index in [0.29, 0.717) is 0 Å². The SMILES string of the molecule is CCOC(=O)c1nn(-c2c(F)ccc(C)c2F)ccc1=O. The van der Waals surface area contributed by atoms with E-state index in [-0.39, 0.29) is 12.2 Å². The molecule has 0 radical (unpaired) electrons. The lowest BCUT2D eigenvalue weighted by Crippen LogP contribution is -2.23. The monoisotopic (exact) mass is 294 g/mol. The zero-order chi connectivity index (χ0) is 15.6. The Hall–Kier alpha value is -2.57. The summed E-state index contributed by atoms with van der Waals surface area (Å²) in [5.41, 5.74) is -1.46. The van der Waals surface area contributed by atoms with Crippen LogP contribution in [0.15, 0.2) is 29.2 Å². The lowest BCUT2D eigenvalue weighted by atomic mass is 10.2. The molecule has 0 aliphatic heterocycles. The smallest absolute Gasteiger partial charge is 0.362 e. The van der Waals surface area contributed by atoms with Gasteiger partial charge in [0, 0.05) is 12.3 Å². The maximum atomic E-state index is 14.0. The fourth-order valence-corrected chi connectivity index (χ4v) is 1.72. The van der Waals surface area contributed by atoms with Crippen molar-refractivity contribution >= 4 is 5.97 Å². The predicted molar refractivity (Wildman–Crippen MR) is 70.4 cm³/mol. The quantitative estimate of drug-likeness (QED) is 0.812. The molecular formula is C14H12F2N2O3. The van der Waals surface area contributed by atoms with Gasteiger partial charge in [0.1, 0.15) is 5.69 Å². The number of carbonyl (C=O) groups is 1. The van der Waals surface area contributed by atoms with Gasteiger partial charge in [-0.15, -0.1) is 0 Å². The number of carbonyl (C=O) groups excluding carboxylic acids is 1. The second-order valence-corrected chi connectivity index (χ2v) is 4.22. The Kier molecular flexibility index (Phi) is 4.11. The Bertz CT molecular complexity index is 756. The molecule has 0 unspecified atom stereocenters. The number of halogens is 2. The van der Waals surface area contributed by atoms with E-state index in [0.717, 1.165) is 23.0 Å². The fraction of sp³-hybridized carbons (Fsp3) is 0.214. The Morgan fingerprint density at radius 2 is 2.05 bits per heavy atom. The summed E-state index contributed by atoms with van der Waals surface area (Å²) in [6, 6.07) is 3.36. The summed E-state index contributed by atoms with van der Waals surface area (Å²) in [4.78, 5) is 23.2. The number of rotatable bonds is 3. The largest absolute Gasteiger partial charge is 0.461 e. The van der Waals surface area contributed by atoms with Gasteiger partial charge in [0.15, 0.2) is 11.6 Å². The summed E-state index contributed by atoms with van der Waals surface area (Å²) in [6.45, 7) is 3.09. The Labute approximate surface area is 118 Å². The molecule has 0 atom stereocenters. The molecule has 0 saturated heterocycles. The summed E-state index contributed by atoms with van der Waals surface area (Å²) in [5.74, 6) is -2.62. The predicted octanol–water partition coefficient (Wildman–Crippen LogP) is 2.00. The average Bonchev–Trinajstić information content (AvgIpc) is 2.45. The molecule has 21 heavy (non-hydrogen) atoms. The van der Waals surface area contributed by atoms with Crippen molar-refractivity contribution < 1.29 is 18.3 Å². The Balaban J connectivity index is 2.62. The van der Waals surface area contributed by atoms with Crippen LogP contribution >= 0.6 is 0 Å². The number of aromatic nitrogens is 2. The normalized spacial score (nSPS) is 10.5. The van der Waals surface area contributed by atoms with Gasteiger partial charge in [0.05, 0.1) is 6.61 Å². The van der Waals surface area contributed by atoms with Gasteiger partial charge in [-0.25, -0.2) is 18.3 Å². The maximum absolute atomic E-state index is 14.0. The van der Waals surface area contributed by atoms with Crippen LogP contribution in [0, 0.1) is 18.6 Å². The van der Waals surface area contributed by atoms with E-state index in [2.05, 4.69) is 9.84 Å².